The summed E-state index contributed by atoms with van der Waals surface area (Å²) in [5.41, 5.74) is 3.52. The van der Waals surface area contributed by atoms with Gasteiger partial charge in [-0.25, -0.2) is 0 Å². The van der Waals surface area contributed by atoms with E-state index in [1.54, 1.807) is 0 Å². The fourth-order valence-electron chi connectivity index (χ4n) is 7.10. The molecule has 2 aromatic heterocycles. The lowest BCUT2D eigenvalue weighted by molar-refractivity contribution is 1.31. The molecule has 3 heteroatoms. The summed E-state index contributed by atoms with van der Waals surface area (Å²) in [6.45, 7) is 0. The first kappa shape index (κ1) is 25.1. The fraction of sp³-hybridized carbons (Fsp3) is 0. The minimum atomic E-state index is 1.16. The van der Waals surface area contributed by atoms with Crippen LogP contribution < -0.4 is 4.90 Å². The SMILES string of the molecule is c1ccc2cc(N(c3ccc4ccc5ccc6c7ccccc7sc6c5c4c3)c3cccc4c3sc3ccccc34)ccc2c1. The van der Waals surface area contributed by atoms with E-state index in [9.17, 15) is 0 Å². The normalized spacial score (nSPS) is 12.0. The fourth-order valence-corrected chi connectivity index (χ4v) is 9.58. The number of benzene rings is 8. The van der Waals surface area contributed by atoms with Crippen LogP contribution in [0.1, 0.15) is 0 Å². The van der Waals surface area contributed by atoms with Crippen LogP contribution in [0.25, 0.3) is 72.7 Å². The molecule has 0 fully saturated rings. The highest BCUT2D eigenvalue weighted by Gasteiger charge is 2.20. The van der Waals surface area contributed by atoms with Crippen LogP contribution in [0.5, 0.6) is 0 Å². The van der Waals surface area contributed by atoms with Gasteiger partial charge in [-0.15, -0.1) is 22.7 Å². The molecule has 45 heavy (non-hydrogen) atoms. The molecule has 0 aliphatic rings. The Morgan fingerprint density at radius 1 is 0.356 bits per heavy atom. The number of anilines is 3. The minimum absolute atomic E-state index is 1.16. The molecule has 0 spiro atoms. The van der Waals surface area contributed by atoms with E-state index in [-0.39, 0.29) is 0 Å². The molecule has 1 nitrogen and oxygen atoms in total. The van der Waals surface area contributed by atoms with Gasteiger partial charge < -0.3 is 4.90 Å². The molecule has 0 unspecified atom stereocenters. The average molecular weight is 608 g/mol. The highest BCUT2D eigenvalue weighted by molar-refractivity contribution is 7.27. The van der Waals surface area contributed by atoms with Crippen LogP contribution in [0.2, 0.25) is 0 Å². The van der Waals surface area contributed by atoms with Crippen molar-refractivity contribution in [3.63, 3.8) is 0 Å². The maximum absolute atomic E-state index is 2.47. The molecule has 0 radical (unpaired) electrons. The average Bonchev–Trinajstić information content (AvgIpc) is 3.67. The largest absolute Gasteiger partial charge is 0.309 e. The molecule has 0 N–H and O–H groups in total. The molecular formula is C42H25NS2. The smallest absolute Gasteiger partial charge is 0.0640 e. The summed E-state index contributed by atoms with van der Waals surface area (Å²) in [4.78, 5) is 2.47. The van der Waals surface area contributed by atoms with Gasteiger partial charge in [0.15, 0.2) is 0 Å². The Kier molecular flexibility index (Phi) is 5.39. The molecular weight excluding hydrogens is 583 g/mol. The molecule has 0 saturated heterocycles. The quantitative estimate of drug-likeness (QED) is 0.181. The lowest BCUT2D eigenvalue weighted by Gasteiger charge is -2.27. The molecule has 10 aromatic rings. The van der Waals surface area contributed by atoms with Crippen LogP contribution in [0, 0.1) is 0 Å². The Hall–Kier alpha value is -5.22. The second-order valence-corrected chi connectivity index (χ2v) is 13.8. The van der Waals surface area contributed by atoms with Crippen LogP contribution in [-0.2, 0) is 0 Å². The number of hydrogen-bond acceptors (Lipinski definition) is 3. The Balaban J connectivity index is 1.30. The van der Waals surface area contributed by atoms with Crippen LogP contribution in [-0.4, -0.2) is 0 Å². The Morgan fingerprint density at radius 3 is 1.76 bits per heavy atom. The van der Waals surface area contributed by atoms with Crippen molar-refractivity contribution >= 4 is 112 Å². The van der Waals surface area contributed by atoms with Gasteiger partial charge in [-0.05, 0) is 69.4 Å². The van der Waals surface area contributed by atoms with Gasteiger partial charge in [0.05, 0.1) is 10.4 Å². The van der Waals surface area contributed by atoms with E-state index in [0.717, 1.165) is 11.4 Å². The molecule has 8 aromatic carbocycles. The van der Waals surface area contributed by atoms with Crippen molar-refractivity contribution < 1.29 is 0 Å². The maximum Gasteiger partial charge on any atom is 0.0640 e. The molecule has 2 heterocycles. The highest BCUT2D eigenvalue weighted by Crippen LogP contribution is 2.47. The zero-order chi connectivity index (χ0) is 29.5. The van der Waals surface area contributed by atoms with Gasteiger partial charge in [-0.1, -0.05) is 109 Å². The van der Waals surface area contributed by atoms with E-state index in [2.05, 4.69) is 157 Å². The van der Waals surface area contributed by atoms with Crippen molar-refractivity contribution in [3.8, 4) is 0 Å². The number of hydrogen-bond donors (Lipinski definition) is 0. The predicted octanol–water partition coefficient (Wildman–Crippen LogP) is 13.4. The standard InChI is InChI=1S/C42H25NS2/c1-2-9-29-24-30(21-18-26(29)8-1)43(37-13-7-12-34-32-10-3-5-14-38(32)44-41(34)37)31-22-19-27-16-17-28-20-23-35-33-11-4-6-15-39(33)45-42(35)40(28)36(27)25-31/h1-25H. The molecule has 0 bridgehead atoms. The molecule has 10 rings (SSSR count). The van der Waals surface area contributed by atoms with Gasteiger partial charge in [0.2, 0.25) is 0 Å². The third-order valence-electron chi connectivity index (χ3n) is 9.20. The first-order chi connectivity index (χ1) is 22.3. The second kappa shape index (κ2) is 9.64. The van der Waals surface area contributed by atoms with E-state index in [0.29, 0.717) is 0 Å². The molecule has 210 valence electrons. The Bertz CT molecular complexity index is 2780. The zero-order valence-electron chi connectivity index (χ0n) is 24.2. The lowest BCUT2D eigenvalue weighted by atomic mass is 9.98. The molecule has 0 aliphatic carbocycles. The third-order valence-corrected chi connectivity index (χ3v) is 11.6. The van der Waals surface area contributed by atoms with E-state index in [4.69, 9.17) is 0 Å². The first-order valence-corrected chi connectivity index (χ1v) is 16.9. The Labute approximate surface area is 267 Å². The number of rotatable bonds is 3. The number of nitrogens with zero attached hydrogens (tertiary/aromatic N) is 1. The summed E-state index contributed by atoms with van der Waals surface area (Å²) in [7, 11) is 0. The van der Waals surface area contributed by atoms with Crippen molar-refractivity contribution in [2.45, 2.75) is 0 Å². The van der Waals surface area contributed by atoms with Crippen LogP contribution in [0.4, 0.5) is 17.1 Å². The van der Waals surface area contributed by atoms with Gasteiger partial charge in [0, 0.05) is 52.4 Å². The van der Waals surface area contributed by atoms with Gasteiger partial charge >= 0.3 is 0 Å². The topological polar surface area (TPSA) is 3.24 Å². The van der Waals surface area contributed by atoms with Crippen molar-refractivity contribution in [2.75, 3.05) is 4.90 Å². The van der Waals surface area contributed by atoms with Crippen molar-refractivity contribution in [3.05, 3.63) is 152 Å². The highest BCUT2D eigenvalue weighted by atomic mass is 32.1. The van der Waals surface area contributed by atoms with E-state index in [1.807, 2.05) is 22.7 Å². The van der Waals surface area contributed by atoms with Crippen LogP contribution >= 0.6 is 22.7 Å². The van der Waals surface area contributed by atoms with Gasteiger partial charge in [0.25, 0.3) is 0 Å². The van der Waals surface area contributed by atoms with E-state index >= 15 is 0 Å². The minimum Gasteiger partial charge on any atom is -0.309 e. The second-order valence-electron chi connectivity index (χ2n) is 11.7. The monoisotopic (exact) mass is 607 g/mol. The number of thiophene rings is 2. The molecule has 0 aliphatic heterocycles. The summed E-state index contributed by atoms with van der Waals surface area (Å²) in [6.07, 6.45) is 0. The maximum atomic E-state index is 2.47. The summed E-state index contributed by atoms with van der Waals surface area (Å²) in [6, 6.07) is 56.0. The van der Waals surface area contributed by atoms with Crippen LogP contribution in [0.15, 0.2) is 152 Å². The first-order valence-electron chi connectivity index (χ1n) is 15.3. The van der Waals surface area contributed by atoms with Crippen molar-refractivity contribution in [1.82, 2.24) is 0 Å². The van der Waals surface area contributed by atoms with Crippen LogP contribution in [0.3, 0.4) is 0 Å². The van der Waals surface area contributed by atoms with Crippen molar-refractivity contribution in [1.29, 1.82) is 0 Å². The predicted molar refractivity (Wildman–Crippen MR) is 199 cm³/mol. The van der Waals surface area contributed by atoms with E-state index in [1.165, 1.54) is 78.3 Å². The molecule has 0 saturated carbocycles. The summed E-state index contributed by atoms with van der Waals surface area (Å²) >= 11 is 3.79. The Morgan fingerprint density at radius 2 is 0.933 bits per heavy atom. The van der Waals surface area contributed by atoms with Crippen molar-refractivity contribution in [2.24, 2.45) is 0 Å². The third kappa shape index (κ3) is 3.78. The summed E-state index contributed by atoms with van der Waals surface area (Å²) in [5, 5.41) is 12.9. The van der Waals surface area contributed by atoms with E-state index < -0.39 is 0 Å². The number of fused-ring (bicyclic) bond motifs is 11. The summed E-state index contributed by atoms with van der Waals surface area (Å²) < 4.78 is 5.31. The van der Waals surface area contributed by atoms with Gasteiger partial charge in [-0.2, -0.15) is 0 Å². The van der Waals surface area contributed by atoms with Gasteiger partial charge in [-0.3, -0.25) is 0 Å². The lowest BCUT2D eigenvalue weighted by Crippen LogP contribution is -2.10. The molecule has 0 atom stereocenters. The summed E-state index contributed by atoms with van der Waals surface area (Å²) in [5.74, 6) is 0. The molecule has 0 amide bonds. The zero-order valence-corrected chi connectivity index (χ0v) is 25.8. The van der Waals surface area contributed by atoms with Gasteiger partial charge in [0.1, 0.15) is 0 Å².